The highest BCUT2D eigenvalue weighted by molar-refractivity contribution is 5.89. The average Bonchev–Trinajstić information content (AvgIpc) is 3.50. The van der Waals surface area contributed by atoms with Crippen LogP contribution in [0.3, 0.4) is 0 Å². The van der Waals surface area contributed by atoms with Gasteiger partial charge in [-0.05, 0) is 132 Å². The van der Waals surface area contributed by atoms with Crippen LogP contribution in [-0.2, 0) is 5.41 Å². The fourth-order valence-corrected chi connectivity index (χ4v) is 8.62. The first-order chi connectivity index (χ1) is 27.5. The Hall–Kier alpha value is -6.96. The maximum atomic E-state index is 2.40. The number of nitrogens with zero attached hydrogens (tertiary/aromatic N) is 1. The molecule has 0 spiro atoms. The fourth-order valence-electron chi connectivity index (χ4n) is 8.62. The lowest BCUT2D eigenvalue weighted by atomic mass is 9.81. The standard InChI is InChI=1S/C55H41N/c1-55(2)53-18-9-8-17-51(53)52-34-27-47(37-54(52)55)42-25-32-50(33-26-42)56(48-28-21-40(22-29-48)38-11-4-3-5-12-38)49-30-23-41(24-31-49)44-15-10-16-45(35-44)46-20-19-39-13-6-7-14-43(39)36-46/h3-37H,1-2H3. The van der Waals surface area contributed by atoms with Gasteiger partial charge in [-0.25, -0.2) is 0 Å². The van der Waals surface area contributed by atoms with Crippen LogP contribution in [0.25, 0.3) is 66.4 Å². The van der Waals surface area contributed by atoms with Crippen molar-refractivity contribution in [2.45, 2.75) is 19.3 Å². The van der Waals surface area contributed by atoms with E-state index >= 15 is 0 Å². The number of benzene rings is 9. The number of hydrogen-bond donors (Lipinski definition) is 0. The third-order valence-corrected chi connectivity index (χ3v) is 11.7. The summed E-state index contributed by atoms with van der Waals surface area (Å²) in [5.74, 6) is 0. The normalized spacial score (nSPS) is 12.6. The second-order valence-electron chi connectivity index (χ2n) is 15.4. The van der Waals surface area contributed by atoms with Gasteiger partial charge in [0.15, 0.2) is 0 Å². The van der Waals surface area contributed by atoms with Crippen LogP contribution in [0, 0.1) is 0 Å². The Balaban J connectivity index is 0.990. The molecule has 1 nitrogen and oxygen atoms in total. The Labute approximate surface area is 329 Å². The molecule has 0 saturated carbocycles. The average molecular weight is 716 g/mol. The molecule has 56 heavy (non-hydrogen) atoms. The van der Waals surface area contributed by atoms with E-state index in [-0.39, 0.29) is 5.41 Å². The van der Waals surface area contributed by atoms with E-state index in [4.69, 9.17) is 0 Å². The number of hydrogen-bond acceptors (Lipinski definition) is 1. The van der Waals surface area contributed by atoms with Gasteiger partial charge in [0, 0.05) is 22.5 Å². The molecule has 9 aromatic rings. The van der Waals surface area contributed by atoms with Gasteiger partial charge in [0.2, 0.25) is 0 Å². The molecule has 0 fully saturated rings. The van der Waals surface area contributed by atoms with Crippen LogP contribution in [0.1, 0.15) is 25.0 Å². The van der Waals surface area contributed by atoms with Crippen LogP contribution in [0.2, 0.25) is 0 Å². The number of rotatable bonds is 7. The summed E-state index contributed by atoms with van der Waals surface area (Å²) in [5, 5.41) is 2.52. The van der Waals surface area contributed by atoms with Crippen LogP contribution in [-0.4, -0.2) is 0 Å². The molecule has 1 aliphatic rings. The van der Waals surface area contributed by atoms with Crippen LogP contribution in [0.5, 0.6) is 0 Å². The topological polar surface area (TPSA) is 3.24 Å². The highest BCUT2D eigenvalue weighted by atomic mass is 15.1. The summed E-state index contributed by atoms with van der Waals surface area (Å²) < 4.78 is 0. The molecule has 0 aliphatic heterocycles. The van der Waals surface area contributed by atoms with Crippen LogP contribution in [0.4, 0.5) is 17.1 Å². The first-order valence-corrected chi connectivity index (χ1v) is 19.5. The van der Waals surface area contributed by atoms with Crippen LogP contribution >= 0.6 is 0 Å². The highest BCUT2D eigenvalue weighted by Crippen LogP contribution is 2.49. The van der Waals surface area contributed by atoms with E-state index in [0.29, 0.717) is 0 Å². The van der Waals surface area contributed by atoms with E-state index in [2.05, 4.69) is 231 Å². The van der Waals surface area contributed by atoms with Crippen molar-refractivity contribution in [2.75, 3.05) is 4.90 Å². The summed E-state index contributed by atoms with van der Waals surface area (Å²) in [4.78, 5) is 2.36. The summed E-state index contributed by atoms with van der Waals surface area (Å²) in [6.45, 7) is 4.69. The molecule has 1 aliphatic carbocycles. The third-order valence-electron chi connectivity index (χ3n) is 11.7. The Kier molecular flexibility index (Phi) is 8.23. The number of anilines is 3. The second-order valence-corrected chi connectivity index (χ2v) is 15.4. The van der Waals surface area contributed by atoms with Crippen molar-refractivity contribution in [1.82, 2.24) is 0 Å². The molecular formula is C55H41N. The van der Waals surface area contributed by atoms with Crippen molar-refractivity contribution in [1.29, 1.82) is 0 Å². The zero-order valence-electron chi connectivity index (χ0n) is 31.7. The van der Waals surface area contributed by atoms with Crippen molar-refractivity contribution in [3.8, 4) is 55.6 Å². The molecule has 0 saturated heterocycles. The lowest BCUT2D eigenvalue weighted by Crippen LogP contribution is -2.14. The minimum Gasteiger partial charge on any atom is -0.311 e. The SMILES string of the molecule is CC1(C)c2ccccc2-c2ccc(-c3ccc(N(c4ccc(-c5ccccc5)cc4)c4ccc(-c5cccc(-c6ccc7ccccc7c6)c5)cc4)cc3)cc21. The van der Waals surface area contributed by atoms with Gasteiger partial charge in [-0.3, -0.25) is 0 Å². The lowest BCUT2D eigenvalue weighted by Gasteiger charge is -2.26. The maximum Gasteiger partial charge on any atom is 0.0462 e. The highest BCUT2D eigenvalue weighted by Gasteiger charge is 2.35. The smallest absolute Gasteiger partial charge is 0.0462 e. The Morgan fingerprint density at radius 3 is 1.38 bits per heavy atom. The van der Waals surface area contributed by atoms with Gasteiger partial charge in [-0.15, -0.1) is 0 Å². The van der Waals surface area contributed by atoms with E-state index < -0.39 is 0 Å². The van der Waals surface area contributed by atoms with E-state index in [1.807, 2.05) is 0 Å². The molecule has 0 N–H and O–H groups in total. The molecule has 10 rings (SSSR count). The van der Waals surface area contributed by atoms with Gasteiger partial charge in [0.25, 0.3) is 0 Å². The Bertz CT molecular complexity index is 2850. The van der Waals surface area contributed by atoms with Crippen molar-refractivity contribution in [2.24, 2.45) is 0 Å². The minimum absolute atomic E-state index is 0.0332. The zero-order valence-corrected chi connectivity index (χ0v) is 31.7. The van der Waals surface area contributed by atoms with Gasteiger partial charge in [0.1, 0.15) is 0 Å². The predicted molar refractivity (Wildman–Crippen MR) is 238 cm³/mol. The number of fused-ring (bicyclic) bond motifs is 4. The van der Waals surface area contributed by atoms with E-state index in [9.17, 15) is 0 Å². The van der Waals surface area contributed by atoms with E-state index in [0.717, 1.165) is 17.1 Å². The minimum atomic E-state index is -0.0332. The fraction of sp³-hybridized carbons (Fsp3) is 0.0545. The summed E-state index contributed by atoms with van der Waals surface area (Å²) in [6.07, 6.45) is 0. The molecule has 0 aromatic heterocycles. The van der Waals surface area contributed by atoms with Crippen LogP contribution < -0.4 is 4.90 Å². The van der Waals surface area contributed by atoms with Gasteiger partial charge in [0.05, 0.1) is 0 Å². The molecule has 266 valence electrons. The molecule has 0 radical (unpaired) electrons. The van der Waals surface area contributed by atoms with Gasteiger partial charge in [-0.1, -0.05) is 172 Å². The molecule has 1 heteroatoms. The second kappa shape index (κ2) is 13.7. The summed E-state index contributed by atoms with van der Waals surface area (Å²) in [7, 11) is 0. The zero-order chi connectivity index (χ0) is 37.6. The first-order valence-electron chi connectivity index (χ1n) is 19.5. The quantitative estimate of drug-likeness (QED) is 0.159. The van der Waals surface area contributed by atoms with Gasteiger partial charge in [-0.2, -0.15) is 0 Å². The monoisotopic (exact) mass is 715 g/mol. The Morgan fingerprint density at radius 2 is 0.714 bits per heavy atom. The molecule has 9 aromatic carbocycles. The van der Waals surface area contributed by atoms with E-state index in [1.165, 1.54) is 77.5 Å². The Morgan fingerprint density at radius 1 is 0.286 bits per heavy atom. The van der Waals surface area contributed by atoms with E-state index in [1.54, 1.807) is 0 Å². The van der Waals surface area contributed by atoms with Gasteiger partial charge < -0.3 is 4.90 Å². The van der Waals surface area contributed by atoms with Crippen LogP contribution in [0.15, 0.2) is 212 Å². The lowest BCUT2D eigenvalue weighted by molar-refractivity contribution is 0.660. The maximum absolute atomic E-state index is 2.40. The molecule has 0 heterocycles. The summed E-state index contributed by atoms with van der Waals surface area (Å²) in [5.41, 5.74) is 18.5. The van der Waals surface area contributed by atoms with Crippen molar-refractivity contribution < 1.29 is 0 Å². The summed E-state index contributed by atoms with van der Waals surface area (Å²) in [6, 6.07) is 77.5. The molecule has 0 bridgehead atoms. The largest absolute Gasteiger partial charge is 0.311 e. The first kappa shape index (κ1) is 33.6. The predicted octanol–water partition coefficient (Wildman–Crippen LogP) is 15.3. The van der Waals surface area contributed by atoms with Crippen molar-refractivity contribution in [3.05, 3.63) is 223 Å². The molecule has 0 atom stereocenters. The van der Waals surface area contributed by atoms with Gasteiger partial charge >= 0.3 is 0 Å². The molecule has 0 amide bonds. The molecule has 0 unspecified atom stereocenters. The summed E-state index contributed by atoms with van der Waals surface area (Å²) >= 11 is 0. The van der Waals surface area contributed by atoms with Crippen molar-refractivity contribution >= 4 is 27.8 Å². The van der Waals surface area contributed by atoms with Crippen molar-refractivity contribution in [3.63, 3.8) is 0 Å². The third kappa shape index (κ3) is 5.99. The molecular weight excluding hydrogens is 675 g/mol.